The van der Waals surface area contributed by atoms with Gasteiger partial charge in [0, 0.05) is 19.6 Å². The fourth-order valence-electron chi connectivity index (χ4n) is 2.56. The van der Waals surface area contributed by atoms with Gasteiger partial charge in [-0.05, 0) is 36.8 Å². The quantitative estimate of drug-likeness (QED) is 0.654. The van der Waals surface area contributed by atoms with Crippen molar-refractivity contribution in [2.75, 3.05) is 32.9 Å². The summed E-state index contributed by atoms with van der Waals surface area (Å²) in [7, 11) is 0. The molecule has 2 aromatic carbocycles. The van der Waals surface area contributed by atoms with Crippen molar-refractivity contribution in [3.63, 3.8) is 0 Å². The number of benzene rings is 2. The van der Waals surface area contributed by atoms with Gasteiger partial charge in [-0.25, -0.2) is 0 Å². The van der Waals surface area contributed by atoms with Gasteiger partial charge in [0.2, 0.25) is 0 Å². The molecule has 5 nitrogen and oxygen atoms in total. The van der Waals surface area contributed by atoms with Crippen molar-refractivity contribution in [1.29, 1.82) is 0 Å². The van der Waals surface area contributed by atoms with Gasteiger partial charge in [-0.1, -0.05) is 30.3 Å². The van der Waals surface area contributed by atoms with Gasteiger partial charge in [0.05, 0.1) is 13.2 Å². The largest absolute Gasteiger partial charge is 0.494 e. The maximum Gasteiger partial charge on any atom is 0.119 e. The monoisotopic (exact) mass is 345 g/mol. The lowest BCUT2D eigenvalue weighted by atomic mass is 10.2. The van der Waals surface area contributed by atoms with Gasteiger partial charge < -0.3 is 19.7 Å². The van der Waals surface area contributed by atoms with Crippen molar-refractivity contribution in [2.24, 2.45) is 0 Å². The molecule has 0 aliphatic heterocycles. The number of ether oxygens (including phenoxy) is 2. The Kier molecular flexibility index (Phi) is 8.25. The van der Waals surface area contributed by atoms with E-state index in [4.69, 9.17) is 9.47 Å². The summed E-state index contributed by atoms with van der Waals surface area (Å²) >= 11 is 0. The minimum absolute atomic E-state index is 0.0549. The maximum absolute atomic E-state index is 10.3. The molecule has 136 valence electrons. The van der Waals surface area contributed by atoms with Crippen LogP contribution in [-0.4, -0.2) is 54.1 Å². The van der Waals surface area contributed by atoms with Crippen LogP contribution in [0.5, 0.6) is 11.5 Å². The average Bonchev–Trinajstić information content (AvgIpc) is 2.62. The Morgan fingerprint density at radius 2 is 1.60 bits per heavy atom. The second kappa shape index (κ2) is 10.7. The van der Waals surface area contributed by atoms with Gasteiger partial charge in [0.15, 0.2) is 0 Å². The Bertz CT molecular complexity index is 588. The van der Waals surface area contributed by atoms with Gasteiger partial charge in [-0.15, -0.1) is 0 Å². The second-order valence-corrected chi connectivity index (χ2v) is 5.81. The first-order valence-corrected chi connectivity index (χ1v) is 8.62. The molecule has 0 fully saturated rings. The lowest BCUT2D eigenvalue weighted by molar-refractivity contribution is 0.0590. The molecule has 2 rings (SSSR count). The SMILES string of the molecule is CCOc1ccc(OCC(O)CN(CCO)Cc2ccccc2)cc1. The van der Waals surface area contributed by atoms with Crippen LogP contribution in [0.3, 0.4) is 0 Å². The average molecular weight is 345 g/mol. The van der Waals surface area contributed by atoms with E-state index in [-0.39, 0.29) is 13.2 Å². The third-order valence-corrected chi connectivity index (χ3v) is 3.71. The molecule has 0 heterocycles. The molecule has 25 heavy (non-hydrogen) atoms. The highest BCUT2D eigenvalue weighted by molar-refractivity contribution is 5.31. The van der Waals surface area contributed by atoms with E-state index in [9.17, 15) is 10.2 Å². The topological polar surface area (TPSA) is 62.2 Å². The molecular formula is C20H27NO4. The lowest BCUT2D eigenvalue weighted by Crippen LogP contribution is -2.37. The zero-order valence-corrected chi connectivity index (χ0v) is 14.7. The third-order valence-electron chi connectivity index (χ3n) is 3.71. The van der Waals surface area contributed by atoms with E-state index in [1.807, 2.05) is 66.4 Å². The highest BCUT2D eigenvalue weighted by Crippen LogP contribution is 2.17. The number of hydrogen-bond donors (Lipinski definition) is 2. The molecule has 2 aromatic rings. The number of hydrogen-bond acceptors (Lipinski definition) is 5. The molecule has 5 heteroatoms. The molecule has 1 atom stereocenters. The van der Waals surface area contributed by atoms with Crippen LogP contribution in [0.1, 0.15) is 12.5 Å². The fourth-order valence-corrected chi connectivity index (χ4v) is 2.56. The van der Waals surface area contributed by atoms with Crippen molar-refractivity contribution in [3.05, 3.63) is 60.2 Å². The fraction of sp³-hybridized carbons (Fsp3) is 0.400. The summed E-state index contributed by atoms with van der Waals surface area (Å²) in [6.07, 6.45) is -0.637. The zero-order valence-electron chi connectivity index (χ0n) is 14.7. The minimum Gasteiger partial charge on any atom is -0.494 e. The molecule has 0 aromatic heterocycles. The first-order valence-electron chi connectivity index (χ1n) is 8.62. The molecule has 0 saturated carbocycles. The molecular weight excluding hydrogens is 318 g/mol. The maximum atomic E-state index is 10.3. The predicted octanol–water partition coefficient (Wildman–Crippen LogP) is 2.32. The van der Waals surface area contributed by atoms with Crippen molar-refractivity contribution in [1.82, 2.24) is 4.90 Å². The Balaban J connectivity index is 1.80. The number of aliphatic hydroxyl groups is 2. The molecule has 0 bridgehead atoms. The Morgan fingerprint density at radius 1 is 0.960 bits per heavy atom. The van der Waals surface area contributed by atoms with Gasteiger partial charge in [0.25, 0.3) is 0 Å². The van der Waals surface area contributed by atoms with Crippen LogP contribution < -0.4 is 9.47 Å². The van der Waals surface area contributed by atoms with Crippen LogP contribution in [0.4, 0.5) is 0 Å². The van der Waals surface area contributed by atoms with Crippen LogP contribution >= 0.6 is 0 Å². The molecule has 2 N–H and O–H groups in total. The van der Waals surface area contributed by atoms with Crippen molar-refractivity contribution < 1.29 is 19.7 Å². The van der Waals surface area contributed by atoms with Gasteiger partial charge in [-0.3, -0.25) is 4.90 Å². The summed E-state index contributed by atoms with van der Waals surface area (Å²) in [5.74, 6) is 1.49. The molecule has 0 aliphatic rings. The van der Waals surface area contributed by atoms with E-state index in [0.29, 0.717) is 32.0 Å². The van der Waals surface area contributed by atoms with Crippen LogP contribution in [0, 0.1) is 0 Å². The summed E-state index contributed by atoms with van der Waals surface area (Å²) in [4.78, 5) is 2.02. The minimum atomic E-state index is -0.637. The third kappa shape index (κ3) is 7.13. The van der Waals surface area contributed by atoms with Crippen molar-refractivity contribution in [3.8, 4) is 11.5 Å². The van der Waals surface area contributed by atoms with Crippen molar-refractivity contribution in [2.45, 2.75) is 19.6 Å². The second-order valence-electron chi connectivity index (χ2n) is 5.81. The van der Waals surface area contributed by atoms with Crippen LogP contribution in [-0.2, 0) is 6.54 Å². The molecule has 1 unspecified atom stereocenters. The first kappa shape index (κ1) is 19.2. The molecule has 0 amide bonds. The smallest absolute Gasteiger partial charge is 0.119 e. The summed E-state index contributed by atoms with van der Waals surface area (Å²) in [6.45, 7) is 4.45. The Labute approximate surface area is 149 Å². The van der Waals surface area contributed by atoms with Gasteiger partial charge in [-0.2, -0.15) is 0 Å². The number of rotatable bonds is 11. The Morgan fingerprint density at radius 3 is 2.20 bits per heavy atom. The normalized spacial score (nSPS) is 12.2. The van der Waals surface area contributed by atoms with E-state index in [2.05, 4.69) is 0 Å². The van der Waals surface area contributed by atoms with Gasteiger partial charge >= 0.3 is 0 Å². The zero-order chi connectivity index (χ0) is 17.9. The van der Waals surface area contributed by atoms with Crippen molar-refractivity contribution >= 4 is 0 Å². The highest BCUT2D eigenvalue weighted by atomic mass is 16.5. The standard InChI is InChI=1S/C20H27NO4/c1-2-24-19-8-10-20(11-9-19)25-16-18(23)15-21(12-13-22)14-17-6-4-3-5-7-17/h3-11,18,22-23H,2,12-16H2,1H3. The van der Waals surface area contributed by atoms with E-state index in [1.54, 1.807) is 0 Å². The molecule has 0 aliphatic carbocycles. The van der Waals surface area contributed by atoms with Crippen LogP contribution in [0.15, 0.2) is 54.6 Å². The lowest BCUT2D eigenvalue weighted by Gasteiger charge is -2.24. The van der Waals surface area contributed by atoms with E-state index >= 15 is 0 Å². The molecule has 0 spiro atoms. The van der Waals surface area contributed by atoms with E-state index in [0.717, 1.165) is 11.3 Å². The van der Waals surface area contributed by atoms with E-state index in [1.165, 1.54) is 0 Å². The highest BCUT2D eigenvalue weighted by Gasteiger charge is 2.13. The summed E-state index contributed by atoms with van der Waals surface area (Å²) in [5, 5.41) is 19.5. The number of nitrogens with zero attached hydrogens (tertiary/aromatic N) is 1. The predicted molar refractivity (Wildman–Crippen MR) is 97.9 cm³/mol. The number of aliphatic hydroxyl groups excluding tert-OH is 2. The summed E-state index contributed by atoms with van der Waals surface area (Å²) in [5.41, 5.74) is 1.15. The Hall–Kier alpha value is -2.08. The van der Waals surface area contributed by atoms with Crippen LogP contribution in [0.2, 0.25) is 0 Å². The van der Waals surface area contributed by atoms with Crippen LogP contribution in [0.25, 0.3) is 0 Å². The summed E-state index contributed by atoms with van der Waals surface area (Å²) in [6, 6.07) is 17.4. The first-order chi connectivity index (χ1) is 12.2. The molecule has 0 radical (unpaired) electrons. The molecule has 0 saturated heterocycles. The van der Waals surface area contributed by atoms with E-state index < -0.39 is 6.10 Å². The van der Waals surface area contributed by atoms with Gasteiger partial charge in [0.1, 0.15) is 24.2 Å². The summed E-state index contributed by atoms with van der Waals surface area (Å²) < 4.78 is 11.0.